The average Bonchev–Trinajstić information content (AvgIpc) is 3.15. The second kappa shape index (κ2) is 8.06. The van der Waals surface area contributed by atoms with Crippen molar-refractivity contribution in [3.05, 3.63) is 39.5 Å². The first-order valence-electron chi connectivity index (χ1n) is 6.89. The Morgan fingerprint density at radius 1 is 1.35 bits per heavy atom. The number of halogens is 1. The molecule has 124 valence electrons. The van der Waals surface area contributed by atoms with Crippen molar-refractivity contribution < 1.29 is 0 Å². The molecule has 0 aliphatic rings. The van der Waals surface area contributed by atoms with Gasteiger partial charge in [-0.1, -0.05) is 0 Å². The summed E-state index contributed by atoms with van der Waals surface area (Å²) < 4.78 is 2.03. The van der Waals surface area contributed by atoms with E-state index in [0.29, 0.717) is 6.54 Å². The summed E-state index contributed by atoms with van der Waals surface area (Å²) in [5.74, 6) is 0.835. The minimum atomic E-state index is 0. The van der Waals surface area contributed by atoms with E-state index in [1.165, 1.54) is 0 Å². The van der Waals surface area contributed by atoms with Crippen LogP contribution in [-0.2, 0) is 13.1 Å². The molecule has 6 nitrogen and oxygen atoms in total. The van der Waals surface area contributed by atoms with E-state index in [1.54, 1.807) is 29.7 Å². The number of hydrogen-bond acceptors (Lipinski definition) is 5. The van der Waals surface area contributed by atoms with Crippen LogP contribution in [0.2, 0.25) is 0 Å². The summed E-state index contributed by atoms with van der Waals surface area (Å²) in [6, 6.07) is 0. The second-order valence-corrected chi connectivity index (χ2v) is 6.88. The Kier molecular flexibility index (Phi) is 6.36. The van der Waals surface area contributed by atoms with Gasteiger partial charge in [0.1, 0.15) is 0 Å². The van der Waals surface area contributed by atoms with Gasteiger partial charge in [-0.05, 0) is 6.92 Å². The first-order chi connectivity index (χ1) is 10.7. The number of fused-ring (bicyclic) bond motifs is 1. The van der Waals surface area contributed by atoms with Crippen molar-refractivity contribution in [3.8, 4) is 0 Å². The van der Waals surface area contributed by atoms with Crippen LogP contribution >= 0.6 is 46.7 Å². The van der Waals surface area contributed by atoms with E-state index >= 15 is 0 Å². The van der Waals surface area contributed by atoms with Crippen LogP contribution in [0.25, 0.3) is 4.96 Å². The summed E-state index contributed by atoms with van der Waals surface area (Å²) in [6.07, 6.45) is 4.05. The van der Waals surface area contributed by atoms with Crippen LogP contribution in [0.5, 0.6) is 0 Å². The van der Waals surface area contributed by atoms with Gasteiger partial charge < -0.3 is 10.2 Å². The number of nitrogens with one attached hydrogen (secondary N) is 1. The maximum absolute atomic E-state index is 4.56. The van der Waals surface area contributed by atoms with Gasteiger partial charge in [0.15, 0.2) is 10.9 Å². The van der Waals surface area contributed by atoms with Crippen molar-refractivity contribution in [3.63, 3.8) is 0 Å². The van der Waals surface area contributed by atoms with Crippen LogP contribution in [0.3, 0.4) is 0 Å². The molecular weight excluding hydrogens is 443 g/mol. The Labute approximate surface area is 160 Å². The van der Waals surface area contributed by atoms with Crippen molar-refractivity contribution in [1.29, 1.82) is 0 Å². The minimum absolute atomic E-state index is 0. The van der Waals surface area contributed by atoms with Gasteiger partial charge in [0.25, 0.3) is 0 Å². The molecule has 3 aromatic rings. The summed E-state index contributed by atoms with van der Waals surface area (Å²) >= 11 is 3.30. The van der Waals surface area contributed by atoms with E-state index in [1.807, 2.05) is 36.1 Å². The lowest BCUT2D eigenvalue weighted by Crippen LogP contribution is -2.38. The summed E-state index contributed by atoms with van der Waals surface area (Å²) in [6.45, 7) is 3.41. The molecule has 3 rings (SSSR count). The van der Waals surface area contributed by atoms with E-state index in [0.717, 1.165) is 33.9 Å². The van der Waals surface area contributed by atoms with Crippen LogP contribution in [0, 0.1) is 6.92 Å². The number of aryl methyl sites for hydroxylation is 1. The summed E-state index contributed by atoms with van der Waals surface area (Å²) in [5, 5.41) is 8.55. The molecule has 0 radical (unpaired) electrons. The van der Waals surface area contributed by atoms with Crippen LogP contribution in [-0.4, -0.2) is 39.3 Å². The predicted octanol–water partition coefficient (Wildman–Crippen LogP) is 2.99. The smallest absolute Gasteiger partial charge is 0.194 e. The molecule has 0 fully saturated rings. The zero-order chi connectivity index (χ0) is 15.5. The first kappa shape index (κ1) is 18.1. The monoisotopic (exact) mass is 462 g/mol. The zero-order valence-corrected chi connectivity index (χ0v) is 17.1. The number of hydrogen-bond donors (Lipinski definition) is 1. The molecule has 0 aromatic carbocycles. The van der Waals surface area contributed by atoms with E-state index in [-0.39, 0.29) is 24.0 Å². The molecule has 0 aliphatic heterocycles. The average molecular weight is 462 g/mol. The Balaban J connectivity index is 0.00000192. The number of aliphatic imine (C=N–C) groups is 1. The normalized spacial score (nSPS) is 11.5. The highest BCUT2D eigenvalue weighted by molar-refractivity contribution is 14.0. The van der Waals surface area contributed by atoms with Gasteiger partial charge in [-0.25, -0.2) is 9.97 Å². The maximum Gasteiger partial charge on any atom is 0.194 e. The predicted molar refractivity (Wildman–Crippen MR) is 107 cm³/mol. The van der Waals surface area contributed by atoms with Crippen LogP contribution in [0.4, 0.5) is 0 Å². The summed E-state index contributed by atoms with van der Waals surface area (Å²) in [4.78, 5) is 16.4. The van der Waals surface area contributed by atoms with Crippen LogP contribution in [0.15, 0.2) is 28.1 Å². The Hall–Kier alpha value is -1.20. The number of guanidine groups is 1. The molecule has 0 aliphatic carbocycles. The third-order valence-corrected chi connectivity index (χ3v) is 4.80. The fourth-order valence-corrected chi connectivity index (χ4v) is 3.54. The Morgan fingerprint density at radius 3 is 2.83 bits per heavy atom. The number of thiazole rings is 2. The number of nitrogens with zero attached hydrogens (tertiary/aromatic N) is 5. The maximum atomic E-state index is 4.56. The third kappa shape index (κ3) is 4.42. The molecule has 0 saturated heterocycles. The van der Waals surface area contributed by atoms with E-state index in [4.69, 9.17) is 0 Å². The molecule has 3 heterocycles. The van der Waals surface area contributed by atoms with E-state index in [9.17, 15) is 0 Å². The fraction of sp³-hybridized carbons (Fsp3) is 0.357. The number of aromatic nitrogens is 3. The SMILES string of the molecule is CN=C(NCc1cn2ccsc2n1)N(C)Cc1csc(C)n1.I. The number of imidazole rings is 1. The summed E-state index contributed by atoms with van der Waals surface area (Å²) in [7, 11) is 3.80. The second-order valence-electron chi connectivity index (χ2n) is 4.94. The van der Waals surface area contributed by atoms with Crippen molar-refractivity contribution in [2.24, 2.45) is 4.99 Å². The standard InChI is InChI=1S/C14H18N6S2.HI/c1-10-17-12(9-22-10)7-19(3)13(15-2)16-6-11-8-20-4-5-21-14(20)18-11;/h4-5,8-9H,6-7H2,1-3H3,(H,15,16);1H. The lowest BCUT2D eigenvalue weighted by atomic mass is 10.4. The van der Waals surface area contributed by atoms with Crippen molar-refractivity contribution >= 4 is 57.6 Å². The topological polar surface area (TPSA) is 57.8 Å². The van der Waals surface area contributed by atoms with Gasteiger partial charge in [0.05, 0.1) is 29.5 Å². The molecule has 1 N–H and O–H groups in total. The molecule has 23 heavy (non-hydrogen) atoms. The number of rotatable bonds is 4. The quantitative estimate of drug-likeness (QED) is 0.368. The fourth-order valence-electron chi connectivity index (χ4n) is 2.21. The Morgan fingerprint density at radius 2 is 2.17 bits per heavy atom. The van der Waals surface area contributed by atoms with Crippen molar-refractivity contribution in [1.82, 2.24) is 24.6 Å². The lowest BCUT2D eigenvalue weighted by Gasteiger charge is -2.20. The van der Waals surface area contributed by atoms with Gasteiger partial charge in [-0.2, -0.15) is 0 Å². The minimum Gasteiger partial charge on any atom is -0.351 e. The molecular formula is C14H19IN6S2. The van der Waals surface area contributed by atoms with Gasteiger partial charge >= 0.3 is 0 Å². The highest BCUT2D eigenvalue weighted by Gasteiger charge is 2.10. The molecule has 0 spiro atoms. The van der Waals surface area contributed by atoms with Crippen LogP contribution in [0.1, 0.15) is 16.4 Å². The lowest BCUT2D eigenvalue weighted by molar-refractivity contribution is 0.470. The highest BCUT2D eigenvalue weighted by atomic mass is 127. The highest BCUT2D eigenvalue weighted by Crippen LogP contribution is 2.12. The molecule has 3 aromatic heterocycles. The molecule has 0 atom stereocenters. The third-order valence-electron chi connectivity index (χ3n) is 3.21. The molecule has 0 amide bonds. The molecule has 9 heteroatoms. The van der Waals surface area contributed by atoms with Crippen molar-refractivity contribution in [2.45, 2.75) is 20.0 Å². The van der Waals surface area contributed by atoms with Gasteiger partial charge in [0, 0.05) is 37.2 Å². The first-order valence-corrected chi connectivity index (χ1v) is 8.65. The van der Waals surface area contributed by atoms with E-state index < -0.39 is 0 Å². The largest absolute Gasteiger partial charge is 0.351 e. The summed E-state index contributed by atoms with van der Waals surface area (Å²) in [5.41, 5.74) is 2.07. The zero-order valence-electron chi connectivity index (χ0n) is 13.2. The van der Waals surface area contributed by atoms with Gasteiger partial charge in [-0.3, -0.25) is 9.39 Å². The molecule has 0 bridgehead atoms. The van der Waals surface area contributed by atoms with E-state index in [2.05, 4.69) is 30.6 Å². The molecule has 0 saturated carbocycles. The van der Waals surface area contributed by atoms with Gasteiger partial charge in [0.2, 0.25) is 0 Å². The van der Waals surface area contributed by atoms with Crippen molar-refractivity contribution in [2.75, 3.05) is 14.1 Å². The van der Waals surface area contributed by atoms with Crippen LogP contribution < -0.4 is 5.32 Å². The molecule has 0 unspecified atom stereocenters. The van der Waals surface area contributed by atoms with Gasteiger partial charge in [-0.15, -0.1) is 46.7 Å². The Bertz CT molecular complexity index is 761.